The van der Waals surface area contributed by atoms with Crippen LogP contribution in [0.4, 0.5) is 10.1 Å². The van der Waals surface area contributed by atoms with Gasteiger partial charge in [0.1, 0.15) is 17.9 Å². The molecular weight excluding hydrogens is 283 g/mol. The van der Waals surface area contributed by atoms with Crippen molar-refractivity contribution in [2.24, 2.45) is 5.92 Å². The van der Waals surface area contributed by atoms with E-state index in [9.17, 15) is 14.0 Å². The van der Waals surface area contributed by atoms with E-state index in [1.54, 1.807) is 6.92 Å². The van der Waals surface area contributed by atoms with Crippen LogP contribution in [-0.2, 0) is 9.59 Å². The van der Waals surface area contributed by atoms with E-state index in [2.05, 4.69) is 5.32 Å². The topological polar surface area (TPSA) is 49.4 Å². The molecule has 20 heavy (non-hydrogen) atoms. The number of hydrogen-bond acceptors (Lipinski definition) is 2. The largest absolute Gasteiger partial charge is 0.343 e. The van der Waals surface area contributed by atoms with Crippen LogP contribution < -0.4 is 10.2 Å². The molecule has 2 atom stereocenters. The first-order chi connectivity index (χ1) is 9.31. The summed E-state index contributed by atoms with van der Waals surface area (Å²) in [6.07, 6.45) is 0. The summed E-state index contributed by atoms with van der Waals surface area (Å²) in [4.78, 5) is 25.8. The Morgan fingerprint density at radius 1 is 1.30 bits per heavy atom. The molecule has 0 aliphatic carbocycles. The fraction of sp³-hybridized carbons (Fsp3) is 0.429. The number of nitrogens with one attached hydrogen (secondary N) is 1. The van der Waals surface area contributed by atoms with Gasteiger partial charge in [-0.3, -0.25) is 14.5 Å². The van der Waals surface area contributed by atoms with Crippen molar-refractivity contribution in [2.75, 3.05) is 4.90 Å². The third-order valence-electron chi connectivity index (χ3n) is 3.27. The van der Waals surface area contributed by atoms with Crippen LogP contribution in [0.3, 0.4) is 0 Å². The summed E-state index contributed by atoms with van der Waals surface area (Å²) in [5, 5.41) is 2.82. The van der Waals surface area contributed by atoms with Crippen LogP contribution in [0.25, 0.3) is 0 Å². The number of carbonyl (C=O) groups excluding carboxylic acids is 2. The molecule has 1 aliphatic rings. The van der Waals surface area contributed by atoms with Gasteiger partial charge in [0, 0.05) is 10.7 Å². The van der Waals surface area contributed by atoms with E-state index in [4.69, 9.17) is 11.6 Å². The Labute approximate surface area is 121 Å². The highest BCUT2D eigenvalue weighted by Gasteiger charge is 2.41. The molecule has 0 spiro atoms. The summed E-state index contributed by atoms with van der Waals surface area (Å²) in [6.45, 7) is 5.27. The lowest BCUT2D eigenvalue weighted by Crippen LogP contribution is -2.64. The molecule has 0 aromatic heterocycles. The molecule has 0 radical (unpaired) electrons. The van der Waals surface area contributed by atoms with Crippen molar-refractivity contribution in [3.8, 4) is 0 Å². The third-order valence-corrected chi connectivity index (χ3v) is 3.49. The maximum atomic E-state index is 13.5. The average molecular weight is 299 g/mol. The highest BCUT2D eigenvalue weighted by molar-refractivity contribution is 6.31. The molecular formula is C14H16ClFN2O2. The summed E-state index contributed by atoms with van der Waals surface area (Å²) in [7, 11) is 0. The normalized spacial score (nSPS) is 23.2. The molecule has 1 fully saturated rings. The smallest absolute Gasteiger partial charge is 0.250 e. The number of nitrogens with zero attached hydrogens (tertiary/aromatic N) is 1. The van der Waals surface area contributed by atoms with Gasteiger partial charge in [0.15, 0.2) is 0 Å². The second kappa shape index (κ2) is 5.40. The Hall–Kier alpha value is -1.62. The molecule has 1 saturated heterocycles. The molecule has 0 saturated carbocycles. The van der Waals surface area contributed by atoms with Crippen LogP contribution in [0.1, 0.15) is 20.8 Å². The SMILES string of the molecule is CC1NC(=O)C(C(C)C)N(c2cc(F)cc(Cl)c2)C1=O. The predicted molar refractivity (Wildman–Crippen MR) is 75.1 cm³/mol. The van der Waals surface area contributed by atoms with Gasteiger partial charge in [0.2, 0.25) is 11.8 Å². The van der Waals surface area contributed by atoms with E-state index in [0.717, 1.165) is 6.07 Å². The van der Waals surface area contributed by atoms with E-state index >= 15 is 0 Å². The Morgan fingerprint density at radius 2 is 1.95 bits per heavy atom. The molecule has 6 heteroatoms. The minimum Gasteiger partial charge on any atom is -0.343 e. The van der Waals surface area contributed by atoms with Gasteiger partial charge >= 0.3 is 0 Å². The van der Waals surface area contributed by atoms with Gasteiger partial charge in [-0.15, -0.1) is 0 Å². The van der Waals surface area contributed by atoms with E-state index < -0.39 is 17.9 Å². The predicted octanol–water partition coefficient (Wildman–Crippen LogP) is 2.36. The zero-order valence-electron chi connectivity index (χ0n) is 11.5. The first kappa shape index (κ1) is 14.8. The Balaban J connectivity index is 2.52. The van der Waals surface area contributed by atoms with Crippen LogP contribution in [0.5, 0.6) is 0 Å². The van der Waals surface area contributed by atoms with Gasteiger partial charge in [-0.05, 0) is 31.0 Å². The standard InChI is InChI=1S/C14H16ClFN2O2/c1-7(2)12-13(19)17-8(3)14(20)18(12)11-5-9(15)4-10(16)6-11/h4-8,12H,1-3H3,(H,17,19). The summed E-state index contributed by atoms with van der Waals surface area (Å²) in [5.74, 6) is -1.16. The zero-order chi connectivity index (χ0) is 15.0. The van der Waals surface area contributed by atoms with Crippen molar-refractivity contribution < 1.29 is 14.0 Å². The van der Waals surface area contributed by atoms with Gasteiger partial charge < -0.3 is 5.32 Å². The maximum absolute atomic E-state index is 13.5. The van der Waals surface area contributed by atoms with Crippen molar-refractivity contribution in [1.29, 1.82) is 0 Å². The number of piperazine rings is 1. The second-order valence-electron chi connectivity index (χ2n) is 5.26. The van der Waals surface area contributed by atoms with Gasteiger partial charge in [-0.1, -0.05) is 25.4 Å². The van der Waals surface area contributed by atoms with Gasteiger partial charge in [0.05, 0.1) is 0 Å². The second-order valence-corrected chi connectivity index (χ2v) is 5.69. The van der Waals surface area contributed by atoms with E-state index in [-0.39, 0.29) is 22.8 Å². The third kappa shape index (κ3) is 2.63. The van der Waals surface area contributed by atoms with Crippen molar-refractivity contribution in [2.45, 2.75) is 32.9 Å². The molecule has 1 aromatic carbocycles. The highest BCUT2D eigenvalue weighted by Crippen LogP contribution is 2.28. The molecule has 2 amide bonds. The van der Waals surface area contributed by atoms with Crippen molar-refractivity contribution in [3.63, 3.8) is 0 Å². The molecule has 2 rings (SSSR count). The van der Waals surface area contributed by atoms with Crippen LogP contribution >= 0.6 is 11.6 Å². The fourth-order valence-corrected chi connectivity index (χ4v) is 2.61. The number of anilines is 1. The van der Waals surface area contributed by atoms with Gasteiger partial charge in [0.25, 0.3) is 0 Å². The number of benzene rings is 1. The first-order valence-electron chi connectivity index (χ1n) is 6.41. The highest BCUT2D eigenvalue weighted by atomic mass is 35.5. The summed E-state index contributed by atoms with van der Waals surface area (Å²) < 4.78 is 13.5. The van der Waals surface area contributed by atoms with E-state index in [0.29, 0.717) is 5.69 Å². The first-order valence-corrected chi connectivity index (χ1v) is 6.78. The quantitative estimate of drug-likeness (QED) is 0.911. The number of amides is 2. The lowest BCUT2D eigenvalue weighted by atomic mass is 9.96. The van der Waals surface area contributed by atoms with Crippen LogP contribution in [0.15, 0.2) is 18.2 Å². The monoisotopic (exact) mass is 298 g/mol. The zero-order valence-corrected chi connectivity index (χ0v) is 12.2. The molecule has 1 aromatic rings. The van der Waals surface area contributed by atoms with Crippen LogP contribution in [0.2, 0.25) is 5.02 Å². The molecule has 1 aliphatic heterocycles. The Morgan fingerprint density at radius 3 is 2.50 bits per heavy atom. The lowest BCUT2D eigenvalue weighted by molar-refractivity contribution is -0.134. The minimum atomic E-state index is -0.670. The van der Waals surface area contributed by atoms with Gasteiger partial charge in [-0.2, -0.15) is 0 Å². The number of rotatable bonds is 2. The molecule has 4 nitrogen and oxygen atoms in total. The average Bonchev–Trinajstić information content (AvgIpc) is 2.31. The Bertz CT molecular complexity index is 542. The summed E-state index contributed by atoms with van der Waals surface area (Å²) >= 11 is 5.84. The molecule has 108 valence electrons. The van der Waals surface area contributed by atoms with Crippen molar-refractivity contribution in [1.82, 2.24) is 5.32 Å². The Kier molecular flexibility index (Phi) is 3.99. The minimum absolute atomic E-state index is 0.103. The molecule has 1 heterocycles. The number of carbonyl (C=O) groups is 2. The number of halogens is 2. The van der Waals surface area contributed by atoms with Crippen LogP contribution in [-0.4, -0.2) is 23.9 Å². The maximum Gasteiger partial charge on any atom is 0.250 e. The number of hydrogen-bond donors (Lipinski definition) is 1. The summed E-state index contributed by atoms with van der Waals surface area (Å²) in [5.41, 5.74) is 0.306. The summed E-state index contributed by atoms with van der Waals surface area (Å²) in [6, 6.07) is 2.55. The molecule has 2 unspecified atom stereocenters. The van der Waals surface area contributed by atoms with E-state index in [1.165, 1.54) is 17.0 Å². The van der Waals surface area contributed by atoms with Gasteiger partial charge in [-0.25, -0.2) is 4.39 Å². The molecule has 1 N–H and O–H groups in total. The van der Waals surface area contributed by atoms with Crippen LogP contribution in [0, 0.1) is 11.7 Å². The molecule has 0 bridgehead atoms. The fourth-order valence-electron chi connectivity index (χ4n) is 2.39. The lowest BCUT2D eigenvalue weighted by Gasteiger charge is -2.39. The van der Waals surface area contributed by atoms with E-state index in [1.807, 2.05) is 13.8 Å². The van der Waals surface area contributed by atoms with Crippen molar-refractivity contribution in [3.05, 3.63) is 29.0 Å². The van der Waals surface area contributed by atoms with Crippen molar-refractivity contribution >= 4 is 29.1 Å².